The summed E-state index contributed by atoms with van der Waals surface area (Å²) in [5.41, 5.74) is 1.17. The molecule has 0 unspecified atom stereocenters. The maximum Gasteiger partial charge on any atom is 0.256 e. The monoisotopic (exact) mass is 283 g/mol. The van der Waals surface area contributed by atoms with Crippen molar-refractivity contribution in [3.8, 4) is 0 Å². The highest BCUT2D eigenvalue weighted by Crippen LogP contribution is 2.12. The van der Waals surface area contributed by atoms with Gasteiger partial charge in [-0.2, -0.15) is 0 Å². The molecule has 0 radical (unpaired) electrons. The molecular weight excluding hydrogens is 266 g/mol. The van der Waals surface area contributed by atoms with Crippen LogP contribution in [0.3, 0.4) is 0 Å². The van der Waals surface area contributed by atoms with Crippen molar-refractivity contribution in [2.75, 3.05) is 10.6 Å². The maximum atomic E-state index is 11.9. The standard InChI is InChI=1S/C16H17N3O2/c1-11(2)15(20)18-13-8-9-14(17-10-13)19-16(21)12-6-4-3-5-7-12/h3-11H,1-2H3,(H,18,20)(H,17,19,21). The van der Waals surface area contributed by atoms with Crippen LogP contribution in [0, 0.1) is 5.92 Å². The summed E-state index contributed by atoms with van der Waals surface area (Å²) in [4.78, 5) is 27.6. The zero-order valence-electron chi connectivity index (χ0n) is 12.0. The number of hydrogen-bond donors (Lipinski definition) is 2. The summed E-state index contributed by atoms with van der Waals surface area (Å²) in [5, 5.41) is 5.44. The Morgan fingerprint density at radius 1 is 1.00 bits per heavy atom. The minimum Gasteiger partial charge on any atom is -0.325 e. The van der Waals surface area contributed by atoms with E-state index in [1.54, 1.807) is 36.4 Å². The number of anilines is 2. The number of hydrogen-bond acceptors (Lipinski definition) is 3. The lowest BCUT2D eigenvalue weighted by molar-refractivity contribution is -0.118. The lowest BCUT2D eigenvalue weighted by Crippen LogP contribution is -2.18. The van der Waals surface area contributed by atoms with E-state index in [0.29, 0.717) is 17.1 Å². The van der Waals surface area contributed by atoms with Gasteiger partial charge in [-0.25, -0.2) is 4.98 Å². The van der Waals surface area contributed by atoms with Crippen molar-refractivity contribution in [3.05, 3.63) is 54.2 Å². The van der Waals surface area contributed by atoms with Crippen molar-refractivity contribution in [1.82, 2.24) is 4.98 Å². The van der Waals surface area contributed by atoms with E-state index in [1.807, 2.05) is 19.9 Å². The fraction of sp³-hybridized carbons (Fsp3) is 0.188. The van der Waals surface area contributed by atoms with Gasteiger partial charge in [-0.3, -0.25) is 9.59 Å². The number of carbonyl (C=O) groups is 2. The molecule has 0 aliphatic heterocycles. The second kappa shape index (κ2) is 6.65. The highest BCUT2D eigenvalue weighted by atomic mass is 16.2. The Kier molecular flexibility index (Phi) is 4.66. The van der Waals surface area contributed by atoms with Crippen LogP contribution in [0.2, 0.25) is 0 Å². The zero-order valence-corrected chi connectivity index (χ0v) is 12.0. The van der Waals surface area contributed by atoms with Gasteiger partial charge in [0.05, 0.1) is 11.9 Å². The molecule has 0 aliphatic carbocycles. The van der Waals surface area contributed by atoms with E-state index < -0.39 is 0 Å². The molecule has 2 rings (SSSR count). The van der Waals surface area contributed by atoms with Gasteiger partial charge in [-0.1, -0.05) is 32.0 Å². The molecule has 108 valence electrons. The summed E-state index contributed by atoms with van der Waals surface area (Å²) in [6, 6.07) is 12.3. The average molecular weight is 283 g/mol. The molecule has 0 atom stereocenters. The summed E-state index contributed by atoms with van der Waals surface area (Å²) in [6.45, 7) is 3.63. The van der Waals surface area contributed by atoms with Gasteiger partial charge in [0.1, 0.15) is 5.82 Å². The van der Waals surface area contributed by atoms with Crippen molar-refractivity contribution in [3.63, 3.8) is 0 Å². The normalized spacial score (nSPS) is 10.2. The summed E-state index contributed by atoms with van der Waals surface area (Å²) in [7, 11) is 0. The first-order valence-electron chi connectivity index (χ1n) is 6.69. The molecule has 2 N–H and O–H groups in total. The van der Waals surface area contributed by atoms with Crippen LogP contribution in [-0.4, -0.2) is 16.8 Å². The molecule has 0 aliphatic rings. The van der Waals surface area contributed by atoms with Gasteiger partial charge in [0.15, 0.2) is 0 Å². The zero-order chi connectivity index (χ0) is 15.2. The number of nitrogens with one attached hydrogen (secondary N) is 2. The molecule has 0 fully saturated rings. The summed E-state index contributed by atoms with van der Waals surface area (Å²) >= 11 is 0. The largest absolute Gasteiger partial charge is 0.325 e. The maximum absolute atomic E-state index is 11.9. The van der Waals surface area contributed by atoms with Crippen LogP contribution in [0.15, 0.2) is 48.7 Å². The Balaban J connectivity index is 2.00. The number of pyridine rings is 1. The molecule has 21 heavy (non-hydrogen) atoms. The average Bonchev–Trinajstić information content (AvgIpc) is 2.50. The van der Waals surface area contributed by atoms with Crippen LogP contribution in [0.1, 0.15) is 24.2 Å². The summed E-state index contributed by atoms with van der Waals surface area (Å²) in [5.74, 6) is 0.0498. The predicted molar refractivity (Wildman–Crippen MR) is 82.1 cm³/mol. The van der Waals surface area contributed by atoms with Gasteiger partial charge in [-0.05, 0) is 24.3 Å². The van der Waals surface area contributed by atoms with Crippen LogP contribution in [0.5, 0.6) is 0 Å². The van der Waals surface area contributed by atoms with Gasteiger partial charge in [0.25, 0.3) is 5.91 Å². The second-order valence-corrected chi connectivity index (χ2v) is 4.90. The first kappa shape index (κ1) is 14.7. The summed E-state index contributed by atoms with van der Waals surface area (Å²) < 4.78 is 0. The van der Waals surface area contributed by atoms with Crippen molar-refractivity contribution in [2.45, 2.75) is 13.8 Å². The first-order valence-corrected chi connectivity index (χ1v) is 6.69. The predicted octanol–water partition coefficient (Wildman–Crippen LogP) is 2.93. The Bertz CT molecular complexity index is 622. The number of amides is 2. The number of benzene rings is 1. The van der Waals surface area contributed by atoms with Crippen LogP contribution >= 0.6 is 0 Å². The van der Waals surface area contributed by atoms with Crippen LogP contribution in [0.25, 0.3) is 0 Å². The minimum atomic E-state index is -0.220. The molecule has 0 bridgehead atoms. The van der Waals surface area contributed by atoms with Gasteiger partial charge < -0.3 is 10.6 Å². The Morgan fingerprint density at radius 3 is 2.29 bits per heavy atom. The van der Waals surface area contributed by atoms with E-state index in [9.17, 15) is 9.59 Å². The quantitative estimate of drug-likeness (QED) is 0.906. The van der Waals surface area contributed by atoms with E-state index >= 15 is 0 Å². The number of nitrogens with zero attached hydrogens (tertiary/aromatic N) is 1. The number of carbonyl (C=O) groups excluding carboxylic acids is 2. The third-order valence-electron chi connectivity index (χ3n) is 2.83. The summed E-state index contributed by atoms with van der Waals surface area (Å²) in [6.07, 6.45) is 1.51. The third kappa shape index (κ3) is 4.14. The van der Waals surface area contributed by atoms with Crippen molar-refractivity contribution in [1.29, 1.82) is 0 Å². The van der Waals surface area contributed by atoms with Gasteiger partial charge in [0, 0.05) is 11.5 Å². The fourth-order valence-corrected chi connectivity index (χ4v) is 1.61. The molecule has 5 nitrogen and oxygen atoms in total. The van der Waals surface area contributed by atoms with E-state index in [0.717, 1.165) is 0 Å². The number of rotatable bonds is 4. The third-order valence-corrected chi connectivity index (χ3v) is 2.83. The van der Waals surface area contributed by atoms with E-state index in [2.05, 4.69) is 15.6 Å². The van der Waals surface area contributed by atoms with Gasteiger partial charge in [-0.15, -0.1) is 0 Å². The van der Waals surface area contributed by atoms with Crippen LogP contribution < -0.4 is 10.6 Å². The Hall–Kier alpha value is -2.69. The topological polar surface area (TPSA) is 71.1 Å². The van der Waals surface area contributed by atoms with Crippen LogP contribution in [-0.2, 0) is 4.79 Å². The molecule has 5 heteroatoms. The SMILES string of the molecule is CC(C)C(=O)Nc1ccc(NC(=O)c2ccccc2)nc1. The molecule has 1 aromatic carbocycles. The molecule has 2 amide bonds. The Morgan fingerprint density at radius 2 is 1.71 bits per heavy atom. The molecule has 0 saturated carbocycles. The van der Waals surface area contributed by atoms with Gasteiger partial charge in [0.2, 0.25) is 5.91 Å². The lowest BCUT2D eigenvalue weighted by atomic mass is 10.2. The first-order chi connectivity index (χ1) is 10.1. The highest BCUT2D eigenvalue weighted by molar-refractivity contribution is 6.03. The fourth-order valence-electron chi connectivity index (χ4n) is 1.61. The molecule has 2 aromatic rings. The smallest absolute Gasteiger partial charge is 0.256 e. The molecular formula is C16H17N3O2. The van der Waals surface area contributed by atoms with Crippen LogP contribution in [0.4, 0.5) is 11.5 Å². The van der Waals surface area contributed by atoms with Crippen molar-refractivity contribution < 1.29 is 9.59 Å². The molecule has 0 spiro atoms. The van der Waals surface area contributed by atoms with E-state index in [-0.39, 0.29) is 17.7 Å². The van der Waals surface area contributed by atoms with Gasteiger partial charge >= 0.3 is 0 Å². The second-order valence-electron chi connectivity index (χ2n) is 4.90. The molecule has 1 heterocycles. The van der Waals surface area contributed by atoms with E-state index in [1.165, 1.54) is 6.20 Å². The molecule has 0 saturated heterocycles. The highest BCUT2D eigenvalue weighted by Gasteiger charge is 2.08. The van der Waals surface area contributed by atoms with Crippen molar-refractivity contribution >= 4 is 23.3 Å². The number of aromatic nitrogens is 1. The Labute approximate surface area is 123 Å². The molecule has 1 aromatic heterocycles. The minimum absolute atomic E-state index is 0.0714. The lowest BCUT2D eigenvalue weighted by Gasteiger charge is -2.08. The van der Waals surface area contributed by atoms with Crippen molar-refractivity contribution in [2.24, 2.45) is 5.92 Å². The van der Waals surface area contributed by atoms with E-state index in [4.69, 9.17) is 0 Å².